The maximum Gasteiger partial charge on any atom is 0.239 e. The number of carbonyl (C=O) groups is 1. The number of aromatic nitrogens is 3. The predicted molar refractivity (Wildman–Crippen MR) is 89.5 cm³/mol. The molecule has 3 rings (SSSR count). The zero-order valence-corrected chi connectivity index (χ0v) is 14.4. The highest BCUT2D eigenvalue weighted by Gasteiger charge is 2.20. The van der Waals surface area contributed by atoms with Crippen LogP contribution in [0.4, 0.5) is 5.82 Å². The first-order chi connectivity index (χ1) is 11.5. The lowest BCUT2D eigenvalue weighted by atomic mass is 10.3. The van der Waals surface area contributed by atoms with E-state index in [1.165, 1.54) is 0 Å². The number of rotatable bonds is 5. The molecule has 2 aromatic rings. The third-order valence-corrected chi connectivity index (χ3v) is 4.16. The second-order valence-electron chi connectivity index (χ2n) is 6.33. The highest BCUT2D eigenvalue weighted by molar-refractivity contribution is 5.91. The molecular weight excluding hydrogens is 308 g/mol. The van der Waals surface area contributed by atoms with E-state index in [9.17, 15) is 4.79 Å². The molecule has 0 atom stereocenters. The summed E-state index contributed by atoms with van der Waals surface area (Å²) in [6.45, 7) is 8.57. The van der Waals surface area contributed by atoms with Crippen LogP contribution in [0.1, 0.15) is 17.1 Å². The van der Waals surface area contributed by atoms with Gasteiger partial charge in [-0.1, -0.05) is 5.16 Å². The van der Waals surface area contributed by atoms with Crippen molar-refractivity contribution in [1.29, 1.82) is 0 Å². The van der Waals surface area contributed by atoms with E-state index in [1.54, 1.807) is 4.68 Å². The molecule has 1 amide bonds. The molecule has 1 aliphatic heterocycles. The van der Waals surface area contributed by atoms with E-state index in [0.29, 0.717) is 6.54 Å². The first kappa shape index (κ1) is 16.7. The van der Waals surface area contributed by atoms with E-state index >= 15 is 0 Å². The first-order valence-corrected chi connectivity index (χ1v) is 8.17. The van der Waals surface area contributed by atoms with E-state index < -0.39 is 0 Å². The molecular formula is C16H24N6O2. The van der Waals surface area contributed by atoms with Crippen molar-refractivity contribution in [3.8, 4) is 0 Å². The van der Waals surface area contributed by atoms with Gasteiger partial charge < -0.3 is 9.84 Å². The largest absolute Gasteiger partial charge is 0.360 e. The standard InChI is InChI=1S/C16H24N6O2/c1-12-9-15(20(3)18-12)17-16(23)11-22-6-4-21(5-7-22)10-14-8-13(2)19-24-14/h8-9H,4-7,10-11H2,1-3H3,(H,17,23). The van der Waals surface area contributed by atoms with Crippen LogP contribution in [0.5, 0.6) is 0 Å². The van der Waals surface area contributed by atoms with Gasteiger partial charge in [-0.3, -0.25) is 19.3 Å². The molecule has 2 aromatic heterocycles. The van der Waals surface area contributed by atoms with Gasteiger partial charge in [0, 0.05) is 45.4 Å². The molecule has 1 N–H and O–H groups in total. The van der Waals surface area contributed by atoms with Crippen LogP contribution < -0.4 is 5.32 Å². The minimum absolute atomic E-state index is 0.00249. The Balaban J connectivity index is 1.43. The minimum Gasteiger partial charge on any atom is -0.360 e. The summed E-state index contributed by atoms with van der Waals surface area (Å²) in [5.41, 5.74) is 1.80. The molecule has 0 bridgehead atoms. The van der Waals surface area contributed by atoms with E-state index in [1.807, 2.05) is 33.0 Å². The number of hydrogen-bond acceptors (Lipinski definition) is 6. The number of nitrogens with zero attached hydrogens (tertiary/aromatic N) is 5. The lowest BCUT2D eigenvalue weighted by molar-refractivity contribution is -0.117. The van der Waals surface area contributed by atoms with Crippen molar-refractivity contribution in [2.24, 2.45) is 7.05 Å². The maximum atomic E-state index is 12.2. The average molecular weight is 332 g/mol. The zero-order chi connectivity index (χ0) is 17.1. The summed E-state index contributed by atoms with van der Waals surface area (Å²) in [7, 11) is 1.83. The quantitative estimate of drug-likeness (QED) is 0.872. The Morgan fingerprint density at radius 3 is 2.46 bits per heavy atom. The van der Waals surface area contributed by atoms with Crippen LogP contribution >= 0.6 is 0 Å². The van der Waals surface area contributed by atoms with Crippen molar-refractivity contribution in [2.45, 2.75) is 20.4 Å². The number of anilines is 1. The summed E-state index contributed by atoms with van der Waals surface area (Å²) in [5.74, 6) is 1.62. The first-order valence-electron chi connectivity index (χ1n) is 8.17. The fourth-order valence-electron chi connectivity index (χ4n) is 2.93. The van der Waals surface area contributed by atoms with Gasteiger partial charge in [0.25, 0.3) is 0 Å². The molecule has 0 aliphatic carbocycles. The van der Waals surface area contributed by atoms with Gasteiger partial charge >= 0.3 is 0 Å². The molecule has 1 aliphatic rings. The van der Waals surface area contributed by atoms with Crippen LogP contribution in [0.25, 0.3) is 0 Å². The van der Waals surface area contributed by atoms with Gasteiger partial charge in [0.05, 0.1) is 24.5 Å². The molecule has 0 saturated carbocycles. The summed E-state index contributed by atoms with van der Waals surface area (Å²) in [6.07, 6.45) is 0. The number of nitrogens with one attached hydrogen (secondary N) is 1. The van der Waals surface area contributed by atoms with E-state index in [0.717, 1.165) is 55.7 Å². The Hall–Kier alpha value is -2.19. The molecule has 8 nitrogen and oxygen atoms in total. The third kappa shape index (κ3) is 4.21. The van der Waals surface area contributed by atoms with E-state index in [-0.39, 0.29) is 5.91 Å². The number of amides is 1. The van der Waals surface area contributed by atoms with Crippen molar-refractivity contribution in [2.75, 3.05) is 38.0 Å². The van der Waals surface area contributed by atoms with Crippen molar-refractivity contribution in [3.63, 3.8) is 0 Å². The molecule has 8 heteroatoms. The van der Waals surface area contributed by atoms with Crippen LogP contribution in [-0.4, -0.2) is 63.4 Å². The summed E-state index contributed by atoms with van der Waals surface area (Å²) in [6, 6.07) is 3.84. The fraction of sp³-hybridized carbons (Fsp3) is 0.562. The molecule has 1 saturated heterocycles. The topological polar surface area (TPSA) is 79.4 Å². The normalized spacial score (nSPS) is 16.5. The second kappa shape index (κ2) is 7.14. The van der Waals surface area contributed by atoms with Gasteiger partial charge in [0.15, 0.2) is 5.76 Å². The number of hydrogen-bond donors (Lipinski definition) is 1. The summed E-state index contributed by atoms with van der Waals surface area (Å²) in [5, 5.41) is 11.1. The molecule has 24 heavy (non-hydrogen) atoms. The van der Waals surface area contributed by atoms with Gasteiger partial charge in [-0.2, -0.15) is 5.10 Å². The lowest BCUT2D eigenvalue weighted by Gasteiger charge is -2.33. The fourth-order valence-corrected chi connectivity index (χ4v) is 2.93. The van der Waals surface area contributed by atoms with Gasteiger partial charge in [-0.15, -0.1) is 0 Å². The Kier molecular flexibility index (Phi) is 4.96. The third-order valence-electron chi connectivity index (χ3n) is 4.16. The summed E-state index contributed by atoms with van der Waals surface area (Å²) >= 11 is 0. The number of piperazine rings is 1. The molecule has 0 radical (unpaired) electrons. The number of carbonyl (C=O) groups excluding carboxylic acids is 1. The van der Waals surface area contributed by atoms with Crippen LogP contribution in [0, 0.1) is 13.8 Å². The predicted octanol–water partition coefficient (Wildman–Crippen LogP) is 0.781. The van der Waals surface area contributed by atoms with Crippen LogP contribution in [-0.2, 0) is 18.4 Å². The second-order valence-corrected chi connectivity index (χ2v) is 6.33. The Morgan fingerprint density at radius 1 is 1.17 bits per heavy atom. The van der Waals surface area contributed by atoms with Crippen LogP contribution in [0.2, 0.25) is 0 Å². The lowest BCUT2D eigenvalue weighted by Crippen LogP contribution is -2.48. The highest BCUT2D eigenvalue weighted by atomic mass is 16.5. The van der Waals surface area contributed by atoms with E-state index in [4.69, 9.17) is 4.52 Å². The van der Waals surface area contributed by atoms with Gasteiger partial charge in [-0.25, -0.2) is 0 Å². The molecule has 3 heterocycles. The molecule has 0 spiro atoms. The summed E-state index contributed by atoms with van der Waals surface area (Å²) in [4.78, 5) is 16.7. The van der Waals surface area contributed by atoms with Crippen molar-refractivity contribution in [1.82, 2.24) is 24.7 Å². The van der Waals surface area contributed by atoms with Crippen molar-refractivity contribution in [3.05, 3.63) is 29.3 Å². The zero-order valence-electron chi connectivity index (χ0n) is 14.4. The Bertz CT molecular complexity index is 699. The monoisotopic (exact) mass is 332 g/mol. The molecule has 0 unspecified atom stereocenters. The van der Waals surface area contributed by atoms with Gasteiger partial charge in [-0.05, 0) is 13.8 Å². The van der Waals surface area contributed by atoms with Crippen molar-refractivity contribution >= 4 is 11.7 Å². The Morgan fingerprint density at radius 2 is 1.88 bits per heavy atom. The minimum atomic E-state index is -0.00249. The number of aryl methyl sites for hydroxylation is 3. The smallest absolute Gasteiger partial charge is 0.239 e. The van der Waals surface area contributed by atoms with Gasteiger partial charge in [0.1, 0.15) is 5.82 Å². The molecule has 0 aromatic carbocycles. The average Bonchev–Trinajstić information content (AvgIpc) is 3.06. The summed E-state index contributed by atoms with van der Waals surface area (Å²) < 4.78 is 6.95. The van der Waals surface area contributed by atoms with Gasteiger partial charge in [0.2, 0.25) is 5.91 Å². The van der Waals surface area contributed by atoms with Crippen LogP contribution in [0.3, 0.4) is 0 Å². The highest BCUT2D eigenvalue weighted by Crippen LogP contribution is 2.11. The van der Waals surface area contributed by atoms with Crippen LogP contribution in [0.15, 0.2) is 16.7 Å². The Labute approximate surface area is 141 Å². The van der Waals surface area contributed by atoms with Crippen molar-refractivity contribution < 1.29 is 9.32 Å². The maximum absolute atomic E-state index is 12.2. The van der Waals surface area contributed by atoms with E-state index in [2.05, 4.69) is 25.4 Å². The molecule has 1 fully saturated rings. The molecule has 130 valence electrons. The SMILES string of the molecule is Cc1cc(CN2CCN(CC(=O)Nc3cc(C)nn3C)CC2)on1.